The molecule has 0 fully saturated rings. The summed E-state index contributed by atoms with van der Waals surface area (Å²) in [6.07, 6.45) is 0. The van der Waals surface area contributed by atoms with E-state index in [1.54, 1.807) is 12.1 Å². The Morgan fingerprint density at radius 1 is 1.46 bits per heavy atom. The van der Waals surface area contributed by atoms with Crippen LogP contribution in [0.1, 0.15) is 10.4 Å². The van der Waals surface area contributed by atoms with Crippen molar-refractivity contribution < 1.29 is 13.8 Å². The van der Waals surface area contributed by atoms with Gasteiger partial charge >= 0.3 is 5.97 Å². The quantitative estimate of drug-likeness (QED) is 0.720. The molecule has 5 heteroatoms. The SMILES string of the molecule is COC(=O)c1cccc(Cl)c1OCl. The van der Waals surface area contributed by atoms with Gasteiger partial charge in [-0.3, -0.25) is 0 Å². The highest BCUT2D eigenvalue weighted by Crippen LogP contribution is 2.29. The van der Waals surface area contributed by atoms with Crippen molar-refractivity contribution in [2.75, 3.05) is 7.11 Å². The van der Waals surface area contributed by atoms with Gasteiger partial charge < -0.3 is 9.03 Å². The second-order valence-corrected chi connectivity index (χ2v) is 2.75. The van der Waals surface area contributed by atoms with Gasteiger partial charge in [0.15, 0.2) is 5.75 Å². The maximum Gasteiger partial charge on any atom is 0.341 e. The van der Waals surface area contributed by atoms with E-state index in [0.717, 1.165) is 0 Å². The number of carbonyl (C=O) groups is 1. The molecular weight excluding hydrogens is 215 g/mol. The van der Waals surface area contributed by atoms with Crippen LogP contribution in [0.15, 0.2) is 18.2 Å². The van der Waals surface area contributed by atoms with Crippen molar-refractivity contribution >= 4 is 29.4 Å². The predicted molar refractivity (Wildman–Crippen MR) is 49.3 cm³/mol. The van der Waals surface area contributed by atoms with Gasteiger partial charge in [-0.1, -0.05) is 17.7 Å². The van der Waals surface area contributed by atoms with Crippen LogP contribution in [0.5, 0.6) is 5.75 Å². The number of halogens is 2. The molecule has 0 amide bonds. The van der Waals surface area contributed by atoms with Crippen molar-refractivity contribution in [3.05, 3.63) is 28.8 Å². The minimum Gasteiger partial charge on any atom is -0.465 e. The highest BCUT2D eigenvalue weighted by atomic mass is 35.5. The minimum atomic E-state index is -0.543. The minimum absolute atomic E-state index is 0.109. The summed E-state index contributed by atoms with van der Waals surface area (Å²) in [5.74, 6) is -0.434. The number of carbonyl (C=O) groups excluding carboxylic acids is 1. The first-order chi connectivity index (χ1) is 6.20. The van der Waals surface area contributed by atoms with E-state index in [1.807, 2.05) is 0 Å². The van der Waals surface area contributed by atoms with E-state index in [4.69, 9.17) is 23.5 Å². The molecule has 0 heterocycles. The maximum atomic E-state index is 11.1. The summed E-state index contributed by atoms with van der Waals surface area (Å²) in [6.45, 7) is 0. The molecule has 0 aliphatic carbocycles. The van der Waals surface area contributed by atoms with E-state index in [2.05, 4.69) is 9.03 Å². The number of hydrogen-bond acceptors (Lipinski definition) is 3. The summed E-state index contributed by atoms with van der Waals surface area (Å²) in [6, 6.07) is 4.68. The second kappa shape index (κ2) is 4.35. The van der Waals surface area contributed by atoms with Crippen molar-refractivity contribution in [2.24, 2.45) is 0 Å². The van der Waals surface area contributed by atoms with E-state index in [9.17, 15) is 4.79 Å². The molecular formula is C8H6Cl2O3. The molecule has 1 rings (SSSR count). The third-order valence-electron chi connectivity index (χ3n) is 1.45. The zero-order chi connectivity index (χ0) is 9.84. The van der Waals surface area contributed by atoms with Gasteiger partial charge in [-0.2, -0.15) is 0 Å². The number of esters is 1. The fourth-order valence-electron chi connectivity index (χ4n) is 0.858. The zero-order valence-corrected chi connectivity index (χ0v) is 8.22. The molecule has 1 aromatic carbocycles. The molecule has 13 heavy (non-hydrogen) atoms. The second-order valence-electron chi connectivity index (χ2n) is 2.19. The first-order valence-corrected chi connectivity index (χ1v) is 4.04. The predicted octanol–water partition coefficient (Wildman–Crippen LogP) is 2.66. The van der Waals surface area contributed by atoms with E-state index in [1.165, 1.54) is 13.2 Å². The molecule has 0 aliphatic heterocycles. The Morgan fingerprint density at radius 2 is 2.15 bits per heavy atom. The molecule has 0 N–H and O–H groups in total. The van der Waals surface area contributed by atoms with Gasteiger partial charge in [0.1, 0.15) is 17.4 Å². The van der Waals surface area contributed by atoms with Crippen molar-refractivity contribution in [3.8, 4) is 5.75 Å². The third-order valence-corrected chi connectivity index (χ3v) is 1.90. The van der Waals surface area contributed by atoms with Crippen LogP contribution in [0.25, 0.3) is 0 Å². The van der Waals surface area contributed by atoms with E-state index in [-0.39, 0.29) is 16.3 Å². The average Bonchev–Trinajstić information content (AvgIpc) is 2.16. The van der Waals surface area contributed by atoms with E-state index < -0.39 is 5.97 Å². The van der Waals surface area contributed by atoms with Crippen LogP contribution < -0.4 is 4.29 Å². The highest BCUT2D eigenvalue weighted by Gasteiger charge is 2.15. The topological polar surface area (TPSA) is 35.5 Å². The summed E-state index contributed by atoms with van der Waals surface area (Å²) in [5.41, 5.74) is 0.199. The van der Waals surface area contributed by atoms with Gasteiger partial charge in [0.2, 0.25) is 0 Å². The highest BCUT2D eigenvalue weighted by molar-refractivity contribution is 6.33. The Bertz CT molecular complexity index is 325. The van der Waals surface area contributed by atoms with Gasteiger partial charge in [-0.05, 0) is 12.1 Å². The lowest BCUT2D eigenvalue weighted by molar-refractivity contribution is 0.0599. The number of methoxy groups -OCH3 is 1. The zero-order valence-electron chi connectivity index (χ0n) is 6.71. The molecule has 0 unspecified atom stereocenters. The molecule has 0 aromatic heterocycles. The maximum absolute atomic E-state index is 11.1. The molecule has 0 saturated carbocycles. The molecule has 0 saturated heterocycles. The molecule has 0 radical (unpaired) electrons. The van der Waals surface area contributed by atoms with Crippen molar-refractivity contribution in [1.82, 2.24) is 0 Å². The lowest BCUT2D eigenvalue weighted by atomic mass is 10.2. The number of rotatable bonds is 2. The van der Waals surface area contributed by atoms with Crippen LogP contribution in [0.2, 0.25) is 5.02 Å². The van der Waals surface area contributed by atoms with E-state index >= 15 is 0 Å². The first-order valence-electron chi connectivity index (χ1n) is 3.36. The van der Waals surface area contributed by atoms with Gasteiger partial charge in [-0.15, -0.1) is 0 Å². The van der Waals surface area contributed by atoms with Crippen LogP contribution in [-0.2, 0) is 4.74 Å². The summed E-state index contributed by atoms with van der Waals surface area (Å²) in [4.78, 5) is 11.1. The van der Waals surface area contributed by atoms with Gasteiger partial charge in [-0.25, -0.2) is 4.79 Å². The molecule has 70 valence electrons. The summed E-state index contributed by atoms with van der Waals surface area (Å²) in [5, 5.41) is 0.262. The summed E-state index contributed by atoms with van der Waals surface area (Å²) in [7, 11) is 1.27. The van der Waals surface area contributed by atoms with Crippen LogP contribution in [-0.4, -0.2) is 13.1 Å². The summed E-state index contributed by atoms with van der Waals surface area (Å²) >= 11 is 10.9. The lowest BCUT2D eigenvalue weighted by Gasteiger charge is -2.05. The lowest BCUT2D eigenvalue weighted by Crippen LogP contribution is -2.02. The first kappa shape index (κ1) is 10.2. The normalized spacial score (nSPS) is 9.46. The summed E-state index contributed by atoms with van der Waals surface area (Å²) < 4.78 is 8.94. The molecule has 0 aliphatic rings. The Labute approximate surface area is 85.3 Å². The van der Waals surface area contributed by atoms with E-state index in [0.29, 0.717) is 0 Å². The van der Waals surface area contributed by atoms with Crippen molar-refractivity contribution in [2.45, 2.75) is 0 Å². The molecule has 0 bridgehead atoms. The van der Waals surface area contributed by atoms with Gasteiger partial charge in [0, 0.05) is 0 Å². The number of hydrogen-bond donors (Lipinski definition) is 0. The smallest absolute Gasteiger partial charge is 0.341 e. The standard InChI is InChI=1S/C8H6Cl2O3/c1-12-8(11)5-3-2-4-6(9)7(5)13-10/h2-4H,1H3. The van der Waals surface area contributed by atoms with Crippen LogP contribution in [0.4, 0.5) is 0 Å². The van der Waals surface area contributed by atoms with Crippen molar-refractivity contribution in [3.63, 3.8) is 0 Å². The molecule has 0 spiro atoms. The third kappa shape index (κ3) is 2.05. The number of ether oxygens (including phenoxy) is 1. The fourth-order valence-corrected chi connectivity index (χ4v) is 1.28. The number of benzene rings is 1. The Hall–Kier alpha value is -0.930. The largest absolute Gasteiger partial charge is 0.465 e. The van der Waals surface area contributed by atoms with Crippen LogP contribution in [0.3, 0.4) is 0 Å². The van der Waals surface area contributed by atoms with Gasteiger partial charge in [0.25, 0.3) is 0 Å². The van der Waals surface area contributed by atoms with Crippen LogP contribution >= 0.6 is 23.5 Å². The molecule has 3 nitrogen and oxygen atoms in total. The fraction of sp³-hybridized carbons (Fsp3) is 0.125. The van der Waals surface area contributed by atoms with Crippen molar-refractivity contribution in [1.29, 1.82) is 0 Å². The average molecular weight is 221 g/mol. The van der Waals surface area contributed by atoms with Gasteiger partial charge in [0.05, 0.1) is 12.1 Å². The molecule has 0 atom stereocenters. The van der Waals surface area contributed by atoms with Crippen LogP contribution in [0, 0.1) is 0 Å². The molecule has 1 aromatic rings. The number of para-hydroxylation sites is 1. The Balaban J connectivity index is 3.20. The monoisotopic (exact) mass is 220 g/mol. The Morgan fingerprint density at radius 3 is 2.69 bits per heavy atom. The Kier molecular flexibility index (Phi) is 3.39.